The van der Waals surface area contributed by atoms with Gasteiger partial charge in [-0.2, -0.15) is 0 Å². The molecule has 0 saturated carbocycles. The Hall–Kier alpha value is -0.610. The molecule has 0 unspecified atom stereocenters. The third kappa shape index (κ3) is 2.07. The molecule has 14 heavy (non-hydrogen) atoms. The van der Waals surface area contributed by atoms with Crippen LogP contribution in [0.3, 0.4) is 0 Å². The minimum atomic E-state index is 1.10. The van der Waals surface area contributed by atoms with Crippen molar-refractivity contribution >= 4 is 33.3 Å². The second-order valence-electron chi connectivity index (χ2n) is 3.02. The second-order valence-corrected chi connectivity index (χ2v) is 5.00. The smallest absolute Gasteiger partial charge is 0.127 e. The number of rotatable bonds is 4. The Morgan fingerprint density at radius 1 is 1.43 bits per heavy atom. The summed E-state index contributed by atoms with van der Waals surface area (Å²) in [5.74, 6) is 1.15. The number of thioether (sulfide) groups is 1. The average Bonchev–Trinajstić information content (AvgIpc) is 2.67. The Morgan fingerprint density at radius 3 is 3.21 bits per heavy atom. The van der Waals surface area contributed by atoms with Crippen LogP contribution in [0.25, 0.3) is 10.2 Å². The summed E-state index contributed by atoms with van der Waals surface area (Å²) in [6, 6.07) is 2.11. The minimum absolute atomic E-state index is 1.10. The SMILES string of the molecule is CCCCSc1ncnc2sccc12. The summed E-state index contributed by atoms with van der Waals surface area (Å²) in [5, 5.41) is 4.41. The maximum Gasteiger partial charge on any atom is 0.127 e. The summed E-state index contributed by atoms with van der Waals surface area (Å²) in [6.07, 6.45) is 4.15. The van der Waals surface area contributed by atoms with Crippen molar-refractivity contribution in [1.82, 2.24) is 9.97 Å². The highest BCUT2D eigenvalue weighted by Gasteiger charge is 2.04. The molecule has 0 fully saturated rings. The van der Waals surface area contributed by atoms with E-state index in [0.29, 0.717) is 0 Å². The molecule has 0 aliphatic carbocycles. The second kappa shape index (κ2) is 4.75. The van der Waals surface area contributed by atoms with Gasteiger partial charge >= 0.3 is 0 Å². The molecule has 2 rings (SSSR count). The lowest BCUT2D eigenvalue weighted by Crippen LogP contribution is -1.85. The molecular formula is C10H12N2S2. The first-order valence-electron chi connectivity index (χ1n) is 4.73. The van der Waals surface area contributed by atoms with Crippen molar-refractivity contribution in [3.05, 3.63) is 17.8 Å². The van der Waals surface area contributed by atoms with Gasteiger partial charge < -0.3 is 0 Å². The molecular weight excluding hydrogens is 212 g/mol. The molecule has 0 aromatic carbocycles. The number of hydrogen-bond acceptors (Lipinski definition) is 4. The topological polar surface area (TPSA) is 25.8 Å². The van der Waals surface area contributed by atoms with Crippen LogP contribution in [0.15, 0.2) is 22.8 Å². The van der Waals surface area contributed by atoms with E-state index in [0.717, 1.165) is 15.6 Å². The quantitative estimate of drug-likeness (QED) is 0.451. The standard InChI is InChI=1S/C10H12N2S2/c1-2-3-5-13-9-8-4-6-14-10(8)12-7-11-9/h4,6-7H,2-3,5H2,1H3. The number of aromatic nitrogens is 2. The Balaban J connectivity index is 2.19. The monoisotopic (exact) mass is 224 g/mol. The first-order chi connectivity index (χ1) is 6.92. The van der Waals surface area contributed by atoms with Crippen LogP contribution in [0.2, 0.25) is 0 Å². The van der Waals surface area contributed by atoms with Crippen LogP contribution in [0.4, 0.5) is 0 Å². The zero-order valence-electron chi connectivity index (χ0n) is 8.06. The Labute approximate surface area is 91.8 Å². The fourth-order valence-electron chi connectivity index (χ4n) is 1.20. The number of hydrogen-bond donors (Lipinski definition) is 0. The lowest BCUT2D eigenvalue weighted by Gasteiger charge is -1.99. The fourth-order valence-corrected chi connectivity index (χ4v) is 3.06. The number of unbranched alkanes of at least 4 members (excludes halogenated alkanes) is 1. The van der Waals surface area contributed by atoms with Crippen LogP contribution in [0.1, 0.15) is 19.8 Å². The molecule has 74 valence electrons. The van der Waals surface area contributed by atoms with Crippen molar-refractivity contribution in [3.63, 3.8) is 0 Å². The Bertz CT molecular complexity index is 411. The van der Waals surface area contributed by atoms with Gasteiger partial charge in [0, 0.05) is 5.39 Å². The maximum absolute atomic E-state index is 4.31. The molecule has 4 heteroatoms. The van der Waals surface area contributed by atoms with Gasteiger partial charge in [0.1, 0.15) is 16.2 Å². The van der Waals surface area contributed by atoms with Gasteiger partial charge in [0.05, 0.1) is 0 Å². The van der Waals surface area contributed by atoms with E-state index in [1.165, 1.54) is 18.2 Å². The molecule has 2 nitrogen and oxygen atoms in total. The third-order valence-electron chi connectivity index (χ3n) is 1.96. The molecule has 2 heterocycles. The average molecular weight is 224 g/mol. The Morgan fingerprint density at radius 2 is 2.36 bits per heavy atom. The predicted octanol–water partition coefficient (Wildman–Crippen LogP) is 3.58. The molecule has 0 radical (unpaired) electrons. The van der Waals surface area contributed by atoms with Gasteiger partial charge in [-0.1, -0.05) is 13.3 Å². The van der Waals surface area contributed by atoms with Gasteiger partial charge in [-0.05, 0) is 23.6 Å². The molecule has 0 spiro atoms. The van der Waals surface area contributed by atoms with E-state index in [4.69, 9.17) is 0 Å². The maximum atomic E-state index is 4.31. The van der Waals surface area contributed by atoms with Crippen molar-refractivity contribution in [2.75, 3.05) is 5.75 Å². The van der Waals surface area contributed by atoms with Gasteiger partial charge in [0.25, 0.3) is 0 Å². The highest BCUT2D eigenvalue weighted by atomic mass is 32.2. The van der Waals surface area contributed by atoms with E-state index in [-0.39, 0.29) is 0 Å². The Kier molecular flexibility index (Phi) is 3.37. The lowest BCUT2D eigenvalue weighted by molar-refractivity contribution is 0.895. The summed E-state index contributed by atoms with van der Waals surface area (Å²) >= 11 is 3.51. The van der Waals surface area contributed by atoms with Crippen molar-refractivity contribution in [2.45, 2.75) is 24.8 Å². The summed E-state index contributed by atoms with van der Waals surface area (Å²) in [6.45, 7) is 2.21. The highest BCUT2D eigenvalue weighted by Crippen LogP contribution is 2.27. The van der Waals surface area contributed by atoms with Crippen LogP contribution < -0.4 is 0 Å². The van der Waals surface area contributed by atoms with E-state index >= 15 is 0 Å². The molecule has 0 amide bonds. The zero-order chi connectivity index (χ0) is 9.80. The molecule has 0 saturated heterocycles. The van der Waals surface area contributed by atoms with Crippen LogP contribution in [-0.4, -0.2) is 15.7 Å². The highest BCUT2D eigenvalue weighted by molar-refractivity contribution is 7.99. The third-order valence-corrected chi connectivity index (χ3v) is 3.87. The largest absolute Gasteiger partial charge is 0.229 e. The normalized spacial score (nSPS) is 10.9. The summed E-state index contributed by atoms with van der Waals surface area (Å²) in [4.78, 5) is 9.63. The van der Waals surface area contributed by atoms with Crippen molar-refractivity contribution < 1.29 is 0 Å². The number of nitrogens with zero attached hydrogens (tertiary/aromatic N) is 2. The van der Waals surface area contributed by atoms with Crippen molar-refractivity contribution in [2.24, 2.45) is 0 Å². The van der Waals surface area contributed by atoms with E-state index in [1.54, 1.807) is 17.7 Å². The van der Waals surface area contributed by atoms with E-state index in [2.05, 4.69) is 28.3 Å². The van der Waals surface area contributed by atoms with Crippen molar-refractivity contribution in [1.29, 1.82) is 0 Å². The molecule has 0 aliphatic rings. The van der Waals surface area contributed by atoms with E-state index < -0.39 is 0 Å². The van der Waals surface area contributed by atoms with Crippen LogP contribution >= 0.6 is 23.1 Å². The molecule has 0 atom stereocenters. The van der Waals surface area contributed by atoms with Gasteiger partial charge in [0.15, 0.2) is 0 Å². The predicted molar refractivity (Wildman–Crippen MR) is 63.0 cm³/mol. The molecule has 0 N–H and O–H groups in total. The van der Waals surface area contributed by atoms with Crippen LogP contribution in [-0.2, 0) is 0 Å². The zero-order valence-corrected chi connectivity index (χ0v) is 9.70. The summed E-state index contributed by atoms with van der Waals surface area (Å²) in [7, 11) is 0. The van der Waals surface area contributed by atoms with Gasteiger partial charge in [-0.3, -0.25) is 0 Å². The number of thiophene rings is 1. The molecule has 0 bridgehead atoms. The van der Waals surface area contributed by atoms with E-state index in [1.807, 2.05) is 11.8 Å². The molecule has 2 aromatic heterocycles. The summed E-state index contributed by atoms with van der Waals surface area (Å²) < 4.78 is 0. The van der Waals surface area contributed by atoms with E-state index in [9.17, 15) is 0 Å². The molecule has 0 aliphatic heterocycles. The lowest BCUT2D eigenvalue weighted by atomic mass is 10.4. The van der Waals surface area contributed by atoms with Crippen molar-refractivity contribution in [3.8, 4) is 0 Å². The summed E-state index contributed by atoms with van der Waals surface area (Å²) in [5.41, 5.74) is 0. The minimum Gasteiger partial charge on any atom is -0.229 e. The van der Waals surface area contributed by atoms with Gasteiger partial charge in [-0.15, -0.1) is 23.1 Å². The van der Waals surface area contributed by atoms with Crippen LogP contribution in [0, 0.1) is 0 Å². The van der Waals surface area contributed by atoms with Gasteiger partial charge in [-0.25, -0.2) is 9.97 Å². The first-order valence-corrected chi connectivity index (χ1v) is 6.59. The first kappa shape index (κ1) is 9.93. The van der Waals surface area contributed by atoms with Crippen LogP contribution in [0.5, 0.6) is 0 Å². The fraction of sp³-hybridized carbons (Fsp3) is 0.400. The number of fused-ring (bicyclic) bond motifs is 1. The van der Waals surface area contributed by atoms with Gasteiger partial charge in [0.2, 0.25) is 0 Å². The molecule has 2 aromatic rings.